The molecule has 2 heterocycles. The Hall–Kier alpha value is -1.89. The lowest BCUT2D eigenvalue weighted by atomic mass is 10.3. The first-order valence-electron chi connectivity index (χ1n) is 7.46. The van der Waals surface area contributed by atoms with E-state index in [0.717, 1.165) is 31.9 Å². The number of nitrogens with zero attached hydrogens (tertiary/aromatic N) is 4. The number of hydrogen-bond donors (Lipinski definition) is 1. The van der Waals surface area contributed by atoms with Crippen molar-refractivity contribution in [2.45, 2.75) is 20.4 Å². The maximum atomic E-state index is 12.1. The molecule has 0 unspecified atom stereocenters. The first-order chi connectivity index (χ1) is 10.2. The summed E-state index contributed by atoms with van der Waals surface area (Å²) in [5, 5.41) is 7.32. The average molecular weight is 293 g/mol. The summed E-state index contributed by atoms with van der Waals surface area (Å²) in [7, 11) is 0. The number of rotatable bonds is 5. The molecule has 21 heavy (non-hydrogen) atoms. The highest BCUT2D eigenvalue weighted by atomic mass is 16.2. The van der Waals surface area contributed by atoms with Crippen LogP contribution in [0.1, 0.15) is 13.8 Å². The molecule has 1 amide bonds. The zero-order valence-electron chi connectivity index (χ0n) is 12.7. The highest BCUT2D eigenvalue weighted by Crippen LogP contribution is 2.08. The van der Waals surface area contributed by atoms with Crippen LogP contribution in [0.4, 0.5) is 5.69 Å². The van der Waals surface area contributed by atoms with Gasteiger partial charge in [0.15, 0.2) is 0 Å². The Morgan fingerprint density at radius 1 is 1.33 bits per heavy atom. The molecule has 2 rings (SSSR count). The van der Waals surface area contributed by atoms with Crippen LogP contribution in [-0.2, 0) is 11.3 Å². The minimum Gasteiger partial charge on any atom is -0.371 e. The van der Waals surface area contributed by atoms with E-state index in [2.05, 4.69) is 15.3 Å². The molecule has 1 aromatic rings. The van der Waals surface area contributed by atoms with E-state index in [4.69, 9.17) is 0 Å². The first-order valence-corrected chi connectivity index (χ1v) is 7.46. The van der Waals surface area contributed by atoms with Gasteiger partial charge >= 0.3 is 0 Å². The molecule has 0 aromatic carbocycles. The van der Waals surface area contributed by atoms with Crippen molar-refractivity contribution in [3.63, 3.8) is 0 Å². The first kappa shape index (κ1) is 15.5. The van der Waals surface area contributed by atoms with Gasteiger partial charge in [0, 0.05) is 45.3 Å². The lowest BCUT2D eigenvalue weighted by Crippen LogP contribution is -2.48. The summed E-state index contributed by atoms with van der Waals surface area (Å²) in [6.45, 7) is 8.69. The predicted molar refractivity (Wildman–Crippen MR) is 81.5 cm³/mol. The van der Waals surface area contributed by atoms with Gasteiger partial charge in [-0.3, -0.25) is 9.59 Å². The van der Waals surface area contributed by atoms with E-state index in [-0.39, 0.29) is 18.0 Å². The van der Waals surface area contributed by atoms with Crippen molar-refractivity contribution >= 4 is 11.6 Å². The monoisotopic (exact) mass is 293 g/mol. The van der Waals surface area contributed by atoms with Gasteiger partial charge in [-0.15, -0.1) is 0 Å². The Morgan fingerprint density at radius 3 is 2.57 bits per heavy atom. The molecule has 7 heteroatoms. The molecule has 1 N–H and O–H groups in total. The predicted octanol–water partition coefficient (Wildman–Crippen LogP) is -0.479. The van der Waals surface area contributed by atoms with E-state index >= 15 is 0 Å². The third kappa shape index (κ3) is 3.81. The zero-order chi connectivity index (χ0) is 15.2. The summed E-state index contributed by atoms with van der Waals surface area (Å²) in [6, 6.07) is 1.55. The number of anilines is 1. The minimum absolute atomic E-state index is 0.0113. The zero-order valence-corrected chi connectivity index (χ0v) is 12.7. The molecule has 1 aliphatic heterocycles. The Balaban J connectivity index is 2.07. The molecule has 0 saturated carbocycles. The van der Waals surface area contributed by atoms with Gasteiger partial charge in [-0.25, -0.2) is 4.68 Å². The maximum Gasteiger partial charge on any atom is 0.269 e. The topological polar surface area (TPSA) is 70.5 Å². The van der Waals surface area contributed by atoms with Crippen LogP contribution in [0.25, 0.3) is 0 Å². The molecule has 0 spiro atoms. The second-order valence-electron chi connectivity index (χ2n) is 5.01. The summed E-state index contributed by atoms with van der Waals surface area (Å²) in [4.78, 5) is 28.0. The van der Waals surface area contributed by atoms with Crippen molar-refractivity contribution in [3.8, 4) is 0 Å². The molecule has 116 valence electrons. The van der Waals surface area contributed by atoms with E-state index in [0.29, 0.717) is 13.1 Å². The van der Waals surface area contributed by atoms with Crippen molar-refractivity contribution in [2.75, 3.05) is 44.2 Å². The second kappa shape index (κ2) is 7.21. The molecule has 1 aliphatic rings. The highest BCUT2D eigenvalue weighted by molar-refractivity contribution is 5.76. The molecule has 0 radical (unpaired) electrons. The number of carbonyl (C=O) groups is 1. The largest absolute Gasteiger partial charge is 0.371 e. The minimum atomic E-state index is -0.233. The molecule has 0 bridgehead atoms. The third-order valence-corrected chi connectivity index (χ3v) is 3.74. The number of piperazine rings is 1. The van der Waals surface area contributed by atoms with Crippen LogP contribution in [0.5, 0.6) is 0 Å². The van der Waals surface area contributed by atoms with E-state index in [1.165, 1.54) is 4.68 Å². The molecular weight excluding hydrogens is 270 g/mol. The molecule has 0 aliphatic carbocycles. The van der Waals surface area contributed by atoms with Crippen LogP contribution in [0.3, 0.4) is 0 Å². The van der Waals surface area contributed by atoms with Crippen LogP contribution in [0.15, 0.2) is 17.1 Å². The fourth-order valence-corrected chi connectivity index (χ4v) is 2.45. The lowest BCUT2D eigenvalue weighted by Gasteiger charge is -2.27. The summed E-state index contributed by atoms with van der Waals surface area (Å²) in [5.41, 5.74) is 0.568. The van der Waals surface area contributed by atoms with E-state index in [1.807, 2.05) is 13.8 Å². The number of nitrogens with one attached hydrogen (secondary N) is 1. The van der Waals surface area contributed by atoms with Crippen molar-refractivity contribution < 1.29 is 4.79 Å². The average Bonchev–Trinajstić information content (AvgIpc) is 2.52. The van der Waals surface area contributed by atoms with Gasteiger partial charge in [-0.1, -0.05) is 0 Å². The molecule has 7 nitrogen and oxygen atoms in total. The smallest absolute Gasteiger partial charge is 0.269 e. The fourth-order valence-electron chi connectivity index (χ4n) is 2.45. The molecule has 1 saturated heterocycles. The fraction of sp³-hybridized carbons (Fsp3) is 0.643. The lowest BCUT2D eigenvalue weighted by molar-refractivity contribution is -0.132. The highest BCUT2D eigenvalue weighted by Gasteiger charge is 2.17. The van der Waals surface area contributed by atoms with Gasteiger partial charge in [0.2, 0.25) is 5.91 Å². The summed E-state index contributed by atoms with van der Waals surface area (Å²) >= 11 is 0. The Kier molecular flexibility index (Phi) is 5.32. The SMILES string of the molecule is CCN(CC)c1cnn(CC(=O)N2CCNCC2)c(=O)c1. The van der Waals surface area contributed by atoms with Crippen molar-refractivity contribution in [1.82, 2.24) is 20.0 Å². The summed E-state index contributed by atoms with van der Waals surface area (Å²) < 4.78 is 1.23. The standard InChI is InChI=1S/C14H23N5O2/c1-3-17(4-2)12-9-13(20)19(16-10-12)11-14(21)18-7-5-15-6-8-18/h9-10,15H,3-8,11H2,1-2H3. The van der Waals surface area contributed by atoms with Crippen molar-refractivity contribution in [1.29, 1.82) is 0 Å². The van der Waals surface area contributed by atoms with Crippen LogP contribution >= 0.6 is 0 Å². The van der Waals surface area contributed by atoms with Gasteiger partial charge in [-0.05, 0) is 13.8 Å². The molecule has 1 fully saturated rings. The van der Waals surface area contributed by atoms with Gasteiger partial charge < -0.3 is 15.1 Å². The Bertz CT molecular complexity index is 532. The summed E-state index contributed by atoms with van der Waals surface area (Å²) in [5.74, 6) is -0.0540. The summed E-state index contributed by atoms with van der Waals surface area (Å²) in [6.07, 6.45) is 1.65. The van der Waals surface area contributed by atoms with Gasteiger partial charge in [-0.2, -0.15) is 5.10 Å². The molecule has 1 aromatic heterocycles. The van der Waals surface area contributed by atoms with Crippen molar-refractivity contribution in [2.24, 2.45) is 0 Å². The van der Waals surface area contributed by atoms with Crippen LogP contribution in [0.2, 0.25) is 0 Å². The van der Waals surface area contributed by atoms with Crippen LogP contribution < -0.4 is 15.8 Å². The normalized spacial score (nSPS) is 15.0. The Labute approximate surface area is 124 Å². The molecular formula is C14H23N5O2. The van der Waals surface area contributed by atoms with E-state index < -0.39 is 0 Å². The quantitative estimate of drug-likeness (QED) is 0.794. The van der Waals surface area contributed by atoms with E-state index in [1.54, 1.807) is 17.2 Å². The van der Waals surface area contributed by atoms with E-state index in [9.17, 15) is 9.59 Å². The van der Waals surface area contributed by atoms with Gasteiger partial charge in [0.1, 0.15) is 6.54 Å². The van der Waals surface area contributed by atoms with Gasteiger partial charge in [0.05, 0.1) is 11.9 Å². The van der Waals surface area contributed by atoms with Crippen LogP contribution in [-0.4, -0.2) is 59.9 Å². The number of carbonyl (C=O) groups excluding carboxylic acids is 1. The van der Waals surface area contributed by atoms with Crippen LogP contribution in [0, 0.1) is 0 Å². The third-order valence-electron chi connectivity index (χ3n) is 3.74. The number of hydrogen-bond acceptors (Lipinski definition) is 5. The van der Waals surface area contributed by atoms with Crippen molar-refractivity contribution in [3.05, 3.63) is 22.6 Å². The Morgan fingerprint density at radius 2 is 2.00 bits per heavy atom. The molecule has 0 atom stereocenters. The maximum absolute atomic E-state index is 12.1. The number of amides is 1. The number of aromatic nitrogens is 2. The second-order valence-corrected chi connectivity index (χ2v) is 5.01. The van der Waals surface area contributed by atoms with Gasteiger partial charge in [0.25, 0.3) is 5.56 Å².